The van der Waals surface area contributed by atoms with E-state index in [0.29, 0.717) is 42.3 Å². The number of carbonyl (C=O) groups is 1. The number of carbonyl (C=O) groups excluding carboxylic acids is 1. The maximum Gasteiger partial charge on any atom is 0.251 e. The molecular formula is C21H36FN5O. The molecule has 0 aliphatic heterocycles. The van der Waals surface area contributed by atoms with Crippen molar-refractivity contribution in [2.24, 2.45) is 4.99 Å². The van der Waals surface area contributed by atoms with Crippen LogP contribution in [0.4, 0.5) is 4.39 Å². The van der Waals surface area contributed by atoms with Crippen LogP contribution in [0.3, 0.4) is 0 Å². The van der Waals surface area contributed by atoms with Gasteiger partial charge in [-0.05, 0) is 58.7 Å². The molecule has 0 heterocycles. The van der Waals surface area contributed by atoms with E-state index in [-0.39, 0.29) is 11.7 Å². The summed E-state index contributed by atoms with van der Waals surface area (Å²) in [6.45, 7) is 13.3. The average molecular weight is 394 g/mol. The van der Waals surface area contributed by atoms with Gasteiger partial charge in [0.15, 0.2) is 5.96 Å². The number of amides is 1. The highest BCUT2D eigenvalue weighted by atomic mass is 19.1. The number of aliphatic imine (C=N–C) groups is 1. The van der Waals surface area contributed by atoms with Crippen LogP contribution < -0.4 is 16.0 Å². The summed E-state index contributed by atoms with van der Waals surface area (Å²) in [5, 5.41) is 9.23. The number of guanidine groups is 1. The van der Waals surface area contributed by atoms with Crippen LogP contribution >= 0.6 is 0 Å². The Hall–Kier alpha value is -2.15. The van der Waals surface area contributed by atoms with Crippen molar-refractivity contribution in [3.8, 4) is 0 Å². The van der Waals surface area contributed by atoms with Crippen LogP contribution in [0.15, 0.2) is 23.2 Å². The summed E-state index contributed by atoms with van der Waals surface area (Å²) in [4.78, 5) is 18.7. The molecular weight excluding hydrogens is 357 g/mol. The first-order valence-electron chi connectivity index (χ1n) is 10.0. The molecule has 0 aromatic heterocycles. The van der Waals surface area contributed by atoms with Crippen LogP contribution in [0.2, 0.25) is 0 Å². The second-order valence-corrected chi connectivity index (χ2v) is 7.42. The third-order valence-electron chi connectivity index (χ3n) is 4.57. The molecule has 6 nitrogen and oxygen atoms in total. The van der Waals surface area contributed by atoms with Crippen molar-refractivity contribution in [3.63, 3.8) is 0 Å². The van der Waals surface area contributed by atoms with Gasteiger partial charge in [0.05, 0.1) is 0 Å². The summed E-state index contributed by atoms with van der Waals surface area (Å²) in [6.07, 6.45) is 1.02. The fraction of sp³-hybridized carbons (Fsp3) is 0.619. The SMILES string of the molecule is CN=C(NCCCN(C(C)C)C(C)C)NCCNC(=O)c1ccc(C)c(F)c1. The smallest absolute Gasteiger partial charge is 0.251 e. The van der Waals surface area contributed by atoms with Crippen molar-refractivity contribution in [1.82, 2.24) is 20.9 Å². The van der Waals surface area contributed by atoms with Crippen molar-refractivity contribution in [1.29, 1.82) is 0 Å². The molecule has 7 heteroatoms. The standard InChI is InChI=1S/C21H36FN5O/c1-15(2)27(16(3)4)13-7-10-25-21(23-6)26-12-11-24-20(28)18-9-8-17(5)19(22)14-18/h8-9,14-16H,7,10-13H2,1-6H3,(H,24,28)(H2,23,25,26). The van der Waals surface area contributed by atoms with Crippen molar-refractivity contribution >= 4 is 11.9 Å². The number of rotatable bonds is 10. The van der Waals surface area contributed by atoms with E-state index in [1.807, 2.05) is 0 Å². The molecule has 0 radical (unpaired) electrons. The van der Waals surface area contributed by atoms with E-state index in [1.54, 1.807) is 26.1 Å². The molecule has 1 amide bonds. The van der Waals surface area contributed by atoms with Gasteiger partial charge in [-0.2, -0.15) is 0 Å². The lowest BCUT2D eigenvalue weighted by atomic mass is 10.1. The monoisotopic (exact) mass is 393 g/mol. The van der Waals surface area contributed by atoms with Gasteiger partial charge in [0.25, 0.3) is 5.91 Å². The van der Waals surface area contributed by atoms with Gasteiger partial charge in [-0.15, -0.1) is 0 Å². The zero-order valence-electron chi connectivity index (χ0n) is 18.1. The highest BCUT2D eigenvalue weighted by Gasteiger charge is 2.12. The Balaban J connectivity index is 2.27. The molecule has 0 unspecified atom stereocenters. The first-order valence-corrected chi connectivity index (χ1v) is 10.0. The van der Waals surface area contributed by atoms with Gasteiger partial charge in [0.1, 0.15) is 5.82 Å². The van der Waals surface area contributed by atoms with Crippen LogP contribution in [0, 0.1) is 12.7 Å². The van der Waals surface area contributed by atoms with Crippen molar-refractivity contribution in [3.05, 3.63) is 35.1 Å². The van der Waals surface area contributed by atoms with Crippen LogP contribution in [-0.4, -0.2) is 62.1 Å². The van der Waals surface area contributed by atoms with Crippen LogP contribution in [-0.2, 0) is 0 Å². The zero-order valence-corrected chi connectivity index (χ0v) is 18.1. The molecule has 0 spiro atoms. The highest BCUT2D eigenvalue weighted by molar-refractivity contribution is 5.94. The number of benzene rings is 1. The van der Waals surface area contributed by atoms with Gasteiger partial charge < -0.3 is 16.0 Å². The largest absolute Gasteiger partial charge is 0.356 e. The van der Waals surface area contributed by atoms with Crippen molar-refractivity contribution in [2.45, 2.75) is 53.1 Å². The van der Waals surface area contributed by atoms with E-state index in [9.17, 15) is 9.18 Å². The number of hydrogen-bond donors (Lipinski definition) is 3. The molecule has 0 aliphatic carbocycles. The lowest BCUT2D eigenvalue weighted by molar-refractivity contribution is 0.0954. The number of aryl methyl sites for hydroxylation is 1. The molecule has 0 fully saturated rings. The highest BCUT2D eigenvalue weighted by Crippen LogP contribution is 2.09. The maximum absolute atomic E-state index is 13.5. The van der Waals surface area contributed by atoms with Gasteiger partial charge >= 0.3 is 0 Å². The predicted molar refractivity (Wildman–Crippen MR) is 114 cm³/mol. The number of hydrogen-bond acceptors (Lipinski definition) is 3. The third-order valence-corrected chi connectivity index (χ3v) is 4.57. The summed E-state index contributed by atoms with van der Waals surface area (Å²) >= 11 is 0. The Morgan fingerprint density at radius 2 is 1.68 bits per heavy atom. The lowest BCUT2D eigenvalue weighted by Gasteiger charge is -2.30. The summed E-state index contributed by atoms with van der Waals surface area (Å²) < 4.78 is 13.5. The van der Waals surface area contributed by atoms with Gasteiger partial charge in [-0.25, -0.2) is 4.39 Å². The summed E-state index contributed by atoms with van der Waals surface area (Å²) in [6, 6.07) is 5.55. The first-order chi connectivity index (χ1) is 13.3. The quantitative estimate of drug-likeness (QED) is 0.325. The van der Waals surface area contributed by atoms with E-state index >= 15 is 0 Å². The molecule has 0 saturated carbocycles. The average Bonchev–Trinajstić information content (AvgIpc) is 2.64. The number of nitrogens with one attached hydrogen (secondary N) is 3. The van der Waals surface area contributed by atoms with Gasteiger partial charge in [0.2, 0.25) is 0 Å². The Bertz CT molecular complexity index is 638. The zero-order chi connectivity index (χ0) is 21.1. The first kappa shape index (κ1) is 23.9. The minimum atomic E-state index is -0.371. The topological polar surface area (TPSA) is 68.8 Å². The molecule has 0 saturated heterocycles. The van der Waals surface area contributed by atoms with E-state index < -0.39 is 0 Å². The lowest BCUT2D eigenvalue weighted by Crippen LogP contribution is -2.43. The Morgan fingerprint density at radius 3 is 2.25 bits per heavy atom. The number of nitrogens with zero attached hydrogens (tertiary/aromatic N) is 2. The fourth-order valence-electron chi connectivity index (χ4n) is 2.99. The maximum atomic E-state index is 13.5. The third kappa shape index (κ3) is 8.25. The Kier molecular flexibility index (Phi) is 10.5. The number of halogens is 1. The molecule has 0 atom stereocenters. The molecule has 1 aromatic rings. The summed E-state index contributed by atoms with van der Waals surface area (Å²) in [5.41, 5.74) is 0.850. The van der Waals surface area contributed by atoms with Crippen molar-refractivity contribution < 1.29 is 9.18 Å². The normalized spacial score (nSPS) is 12.0. The summed E-state index contributed by atoms with van der Waals surface area (Å²) in [7, 11) is 1.72. The van der Waals surface area contributed by atoms with Crippen LogP contribution in [0.25, 0.3) is 0 Å². The molecule has 158 valence electrons. The van der Waals surface area contributed by atoms with Gasteiger partial charge in [0, 0.05) is 50.9 Å². The molecule has 1 rings (SSSR count). The molecule has 28 heavy (non-hydrogen) atoms. The van der Waals surface area contributed by atoms with E-state index in [2.05, 4.69) is 53.5 Å². The second kappa shape index (κ2) is 12.3. The predicted octanol–water partition coefficient (Wildman–Crippen LogP) is 2.54. The minimum absolute atomic E-state index is 0.286. The van der Waals surface area contributed by atoms with Crippen LogP contribution in [0.5, 0.6) is 0 Å². The second-order valence-electron chi connectivity index (χ2n) is 7.42. The Morgan fingerprint density at radius 1 is 1.07 bits per heavy atom. The summed E-state index contributed by atoms with van der Waals surface area (Å²) in [5.74, 6) is 0.0475. The minimum Gasteiger partial charge on any atom is -0.356 e. The van der Waals surface area contributed by atoms with E-state index in [1.165, 1.54) is 6.07 Å². The van der Waals surface area contributed by atoms with Gasteiger partial charge in [-0.3, -0.25) is 14.7 Å². The molecule has 1 aromatic carbocycles. The molecule has 0 bridgehead atoms. The Labute approximate surface area is 169 Å². The van der Waals surface area contributed by atoms with Crippen LogP contribution in [0.1, 0.15) is 50.0 Å². The molecule has 0 aliphatic rings. The van der Waals surface area contributed by atoms with Gasteiger partial charge in [-0.1, -0.05) is 6.07 Å². The van der Waals surface area contributed by atoms with E-state index in [0.717, 1.165) is 19.5 Å². The van der Waals surface area contributed by atoms with Crippen molar-refractivity contribution in [2.75, 3.05) is 33.2 Å². The molecule has 3 N–H and O–H groups in total. The van der Waals surface area contributed by atoms with E-state index in [4.69, 9.17) is 0 Å². The fourth-order valence-corrected chi connectivity index (χ4v) is 2.99.